The molecule has 0 aliphatic carbocycles. The fourth-order valence-electron chi connectivity index (χ4n) is 1.11. The smallest absolute Gasteiger partial charge is 0.411 e. The molecule has 0 fully saturated rings. The number of amides is 1. The SMILES string of the molecule is CCCNc1ccc(NC(=O)OC)cc1. The van der Waals surface area contributed by atoms with Gasteiger partial charge in [-0.25, -0.2) is 4.79 Å². The lowest BCUT2D eigenvalue weighted by Crippen LogP contribution is -2.10. The molecule has 0 aliphatic heterocycles. The second kappa shape index (κ2) is 5.90. The third kappa shape index (κ3) is 3.89. The van der Waals surface area contributed by atoms with Crippen LogP contribution in [0, 0.1) is 0 Å². The summed E-state index contributed by atoms with van der Waals surface area (Å²) in [6, 6.07) is 7.49. The van der Waals surface area contributed by atoms with Crippen LogP contribution in [0.25, 0.3) is 0 Å². The summed E-state index contributed by atoms with van der Waals surface area (Å²) in [7, 11) is 1.34. The molecule has 0 aliphatic rings. The highest BCUT2D eigenvalue weighted by Gasteiger charge is 1.99. The van der Waals surface area contributed by atoms with E-state index in [4.69, 9.17) is 0 Å². The average Bonchev–Trinajstić information content (AvgIpc) is 2.28. The van der Waals surface area contributed by atoms with Crippen molar-refractivity contribution in [1.82, 2.24) is 0 Å². The number of rotatable bonds is 4. The molecule has 0 bridgehead atoms. The molecule has 0 atom stereocenters. The zero-order chi connectivity index (χ0) is 11.1. The van der Waals surface area contributed by atoms with Crippen LogP contribution in [0.5, 0.6) is 0 Å². The minimum absolute atomic E-state index is 0.454. The van der Waals surface area contributed by atoms with Gasteiger partial charge in [0.2, 0.25) is 0 Å². The summed E-state index contributed by atoms with van der Waals surface area (Å²) in [5.74, 6) is 0. The van der Waals surface area contributed by atoms with E-state index in [1.165, 1.54) is 7.11 Å². The van der Waals surface area contributed by atoms with E-state index in [0.29, 0.717) is 0 Å². The summed E-state index contributed by atoms with van der Waals surface area (Å²) in [6.07, 6.45) is 0.631. The minimum atomic E-state index is -0.454. The number of carbonyl (C=O) groups excluding carboxylic acids is 1. The summed E-state index contributed by atoms with van der Waals surface area (Å²) in [4.78, 5) is 10.9. The lowest BCUT2D eigenvalue weighted by molar-refractivity contribution is 0.187. The quantitative estimate of drug-likeness (QED) is 0.799. The van der Waals surface area contributed by atoms with Crippen LogP contribution in [0.4, 0.5) is 16.2 Å². The third-order valence-electron chi connectivity index (χ3n) is 1.90. The Morgan fingerprint density at radius 1 is 1.27 bits per heavy atom. The first-order valence-electron chi connectivity index (χ1n) is 4.95. The highest BCUT2D eigenvalue weighted by molar-refractivity contribution is 5.84. The summed E-state index contributed by atoms with van der Waals surface area (Å²) in [5, 5.41) is 5.83. The molecule has 82 valence electrons. The van der Waals surface area contributed by atoms with Gasteiger partial charge in [-0.15, -0.1) is 0 Å². The first-order chi connectivity index (χ1) is 7.26. The van der Waals surface area contributed by atoms with E-state index in [1.54, 1.807) is 0 Å². The Morgan fingerprint density at radius 2 is 1.87 bits per heavy atom. The topological polar surface area (TPSA) is 50.4 Å². The van der Waals surface area contributed by atoms with Crippen molar-refractivity contribution >= 4 is 17.5 Å². The van der Waals surface area contributed by atoms with Crippen LogP contribution in [0.3, 0.4) is 0 Å². The number of methoxy groups -OCH3 is 1. The third-order valence-corrected chi connectivity index (χ3v) is 1.90. The fourth-order valence-corrected chi connectivity index (χ4v) is 1.11. The average molecular weight is 208 g/mol. The monoisotopic (exact) mass is 208 g/mol. The molecule has 0 radical (unpaired) electrons. The van der Waals surface area contributed by atoms with Gasteiger partial charge in [0.05, 0.1) is 7.11 Å². The molecule has 0 spiro atoms. The molecule has 1 amide bonds. The number of carbonyl (C=O) groups is 1. The maximum absolute atomic E-state index is 10.9. The zero-order valence-corrected chi connectivity index (χ0v) is 9.04. The van der Waals surface area contributed by atoms with Crippen molar-refractivity contribution in [1.29, 1.82) is 0 Å². The van der Waals surface area contributed by atoms with Gasteiger partial charge in [-0.05, 0) is 30.7 Å². The standard InChI is InChI=1S/C11H16N2O2/c1-3-8-12-9-4-6-10(7-5-9)13-11(14)15-2/h4-7,12H,3,8H2,1-2H3,(H,13,14). The molecule has 15 heavy (non-hydrogen) atoms. The molecule has 4 nitrogen and oxygen atoms in total. The van der Waals surface area contributed by atoms with Crippen molar-refractivity contribution in [2.75, 3.05) is 24.3 Å². The highest BCUT2D eigenvalue weighted by Crippen LogP contribution is 2.13. The van der Waals surface area contributed by atoms with Crippen LogP contribution < -0.4 is 10.6 Å². The maximum atomic E-state index is 10.9. The van der Waals surface area contributed by atoms with E-state index in [0.717, 1.165) is 24.3 Å². The van der Waals surface area contributed by atoms with Crippen molar-refractivity contribution in [3.8, 4) is 0 Å². The molecule has 4 heteroatoms. The highest BCUT2D eigenvalue weighted by atomic mass is 16.5. The zero-order valence-electron chi connectivity index (χ0n) is 9.04. The molecular formula is C11H16N2O2. The Morgan fingerprint density at radius 3 is 2.40 bits per heavy atom. The first kappa shape index (κ1) is 11.4. The number of nitrogens with one attached hydrogen (secondary N) is 2. The van der Waals surface area contributed by atoms with Gasteiger partial charge in [0.1, 0.15) is 0 Å². The summed E-state index contributed by atoms with van der Waals surface area (Å²) >= 11 is 0. The Hall–Kier alpha value is -1.71. The molecule has 0 heterocycles. The number of hydrogen-bond donors (Lipinski definition) is 2. The lowest BCUT2D eigenvalue weighted by Gasteiger charge is -2.06. The molecule has 0 aromatic heterocycles. The van der Waals surface area contributed by atoms with E-state index in [-0.39, 0.29) is 0 Å². The summed E-state index contributed by atoms with van der Waals surface area (Å²) < 4.78 is 4.48. The minimum Gasteiger partial charge on any atom is -0.453 e. The van der Waals surface area contributed by atoms with E-state index in [9.17, 15) is 4.79 Å². The van der Waals surface area contributed by atoms with Crippen LogP contribution in [0.2, 0.25) is 0 Å². The van der Waals surface area contributed by atoms with E-state index < -0.39 is 6.09 Å². The van der Waals surface area contributed by atoms with Crippen LogP contribution in [0.15, 0.2) is 24.3 Å². The lowest BCUT2D eigenvalue weighted by atomic mass is 10.3. The number of ether oxygens (including phenoxy) is 1. The van der Waals surface area contributed by atoms with Crippen LogP contribution >= 0.6 is 0 Å². The van der Waals surface area contributed by atoms with Gasteiger partial charge in [-0.1, -0.05) is 6.92 Å². The van der Waals surface area contributed by atoms with Gasteiger partial charge in [0.25, 0.3) is 0 Å². The van der Waals surface area contributed by atoms with Crippen molar-refractivity contribution in [3.05, 3.63) is 24.3 Å². The molecule has 1 aromatic rings. The van der Waals surface area contributed by atoms with Crippen LogP contribution in [-0.4, -0.2) is 19.7 Å². The molecular weight excluding hydrogens is 192 g/mol. The Bertz CT molecular complexity index is 309. The van der Waals surface area contributed by atoms with Gasteiger partial charge < -0.3 is 10.1 Å². The fraction of sp³-hybridized carbons (Fsp3) is 0.364. The van der Waals surface area contributed by atoms with Crippen molar-refractivity contribution < 1.29 is 9.53 Å². The van der Waals surface area contributed by atoms with Crippen molar-refractivity contribution in [2.45, 2.75) is 13.3 Å². The molecule has 0 saturated heterocycles. The Balaban J connectivity index is 2.52. The first-order valence-corrected chi connectivity index (χ1v) is 4.95. The van der Waals surface area contributed by atoms with E-state index in [1.807, 2.05) is 24.3 Å². The number of benzene rings is 1. The normalized spacial score (nSPS) is 9.47. The largest absolute Gasteiger partial charge is 0.453 e. The molecule has 0 unspecified atom stereocenters. The molecule has 1 rings (SSSR count). The molecule has 1 aromatic carbocycles. The summed E-state index contributed by atoms with van der Waals surface area (Å²) in [6.45, 7) is 3.06. The predicted molar refractivity (Wildman–Crippen MR) is 61.3 cm³/mol. The Kier molecular flexibility index (Phi) is 4.47. The van der Waals surface area contributed by atoms with Crippen molar-refractivity contribution in [3.63, 3.8) is 0 Å². The second-order valence-electron chi connectivity index (χ2n) is 3.12. The van der Waals surface area contributed by atoms with Gasteiger partial charge in [0.15, 0.2) is 0 Å². The molecule has 2 N–H and O–H groups in total. The summed E-state index contributed by atoms with van der Waals surface area (Å²) in [5.41, 5.74) is 1.77. The second-order valence-corrected chi connectivity index (χ2v) is 3.12. The number of anilines is 2. The van der Waals surface area contributed by atoms with Gasteiger partial charge in [-0.2, -0.15) is 0 Å². The van der Waals surface area contributed by atoms with E-state index in [2.05, 4.69) is 22.3 Å². The van der Waals surface area contributed by atoms with Gasteiger partial charge in [-0.3, -0.25) is 5.32 Å². The number of hydrogen-bond acceptors (Lipinski definition) is 3. The van der Waals surface area contributed by atoms with Crippen LogP contribution in [-0.2, 0) is 4.74 Å². The van der Waals surface area contributed by atoms with Crippen molar-refractivity contribution in [2.24, 2.45) is 0 Å². The molecule has 0 saturated carbocycles. The Labute approximate surface area is 89.6 Å². The van der Waals surface area contributed by atoms with E-state index >= 15 is 0 Å². The maximum Gasteiger partial charge on any atom is 0.411 e. The van der Waals surface area contributed by atoms with Gasteiger partial charge >= 0.3 is 6.09 Å². The van der Waals surface area contributed by atoms with Gasteiger partial charge in [0, 0.05) is 17.9 Å². The van der Waals surface area contributed by atoms with Crippen LogP contribution in [0.1, 0.15) is 13.3 Å². The predicted octanol–water partition coefficient (Wildman–Crippen LogP) is 2.69.